The Morgan fingerprint density at radius 1 is 1.10 bits per heavy atom. The lowest BCUT2D eigenvalue weighted by Crippen LogP contribution is -2.14. The summed E-state index contributed by atoms with van der Waals surface area (Å²) in [7, 11) is 0. The second kappa shape index (κ2) is 5.24. The van der Waals surface area contributed by atoms with Crippen LogP contribution in [0.4, 0.5) is 17.6 Å². The average Bonchev–Trinajstić information content (AvgIpc) is 2.42. The van der Waals surface area contributed by atoms with Crippen LogP contribution in [0.5, 0.6) is 5.75 Å². The van der Waals surface area contributed by atoms with Crippen molar-refractivity contribution in [1.29, 1.82) is 0 Å². The number of nitrogens with zero attached hydrogens (tertiary/aromatic N) is 2. The molecule has 1 aromatic heterocycles. The van der Waals surface area contributed by atoms with Crippen LogP contribution >= 0.6 is 0 Å². The molecule has 20 heavy (non-hydrogen) atoms. The molecule has 2 rings (SSSR count). The molecule has 0 radical (unpaired) electrons. The van der Waals surface area contributed by atoms with Crippen molar-refractivity contribution in [2.75, 3.05) is 0 Å². The molecule has 0 atom stereocenters. The van der Waals surface area contributed by atoms with Gasteiger partial charge in [0.15, 0.2) is 17.3 Å². The number of hydrogen-bond donors (Lipinski definition) is 0. The first-order valence-electron chi connectivity index (χ1n) is 5.24. The number of halogens is 4. The Hall–Kier alpha value is -2.51. The Labute approximate surface area is 110 Å². The second-order valence-electron chi connectivity index (χ2n) is 3.75. The number of aromatic nitrogens is 2. The third-order valence-corrected chi connectivity index (χ3v) is 2.32. The van der Waals surface area contributed by atoms with Crippen LogP contribution in [-0.2, 0) is 0 Å². The Bertz CT molecular complexity index is 648. The van der Waals surface area contributed by atoms with Gasteiger partial charge in [-0.3, -0.25) is 0 Å². The molecule has 0 saturated heterocycles. The van der Waals surface area contributed by atoms with Gasteiger partial charge in [0.05, 0.1) is 12.4 Å². The van der Waals surface area contributed by atoms with Crippen LogP contribution in [-0.4, -0.2) is 15.9 Å². The van der Waals surface area contributed by atoms with Gasteiger partial charge in [0.2, 0.25) is 17.5 Å². The summed E-state index contributed by atoms with van der Waals surface area (Å²) in [5.41, 5.74) is -0.719. The van der Waals surface area contributed by atoms with Gasteiger partial charge in [-0.05, 0) is 18.6 Å². The number of carbonyl (C=O) groups excluding carboxylic acids is 1. The summed E-state index contributed by atoms with van der Waals surface area (Å²) in [5, 5.41) is 0. The highest BCUT2D eigenvalue weighted by Gasteiger charge is 2.22. The van der Waals surface area contributed by atoms with Crippen LogP contribution in [0.1, 0.15) is 16.1 Å². The fourth-order valence-electron chi connectivity index (χ4n) is 1.35. The van der Waals surface area contributed by atoms with Crippen LogP contribution in [0, 0.1) is 30.3 Å². The van der Waals surface area contributed by atoms with Crippen molar-refractivity contribution in [1.82, 2.24) is 9.97 Å². The smallest absolute Gasteiger partial charge is 0.364 e. The molecule has 0 bridgehead atoms. The number of benzene rings is 1. The highest BCUT2D eigenvalue weighted by atomic mass is 19.2. The van der Waals surface area contributed by atoms with Crippen molar-refractivity contribution in [2.24, 2.45) is 0 Å². The summed E-state index contributed by atoms with van der Waals surface area (Å²) in [6, 6.07) is 0.625. The monoisotopic (exact) mass is 285 g/mol. The van der Waals surface area contributed by atoms with Gasteiger partial charge < -0.3 is 4.74 Å². The number of ether oxygens (including phenoxy) is 1. The number of carbonyl (C=O) groups is 1. The topological polar surface area (TPSA) is 52.1 Å². The van der Waals surface area contributed by atoms with Gasteiger partial charge in [-0.15, -0.1) is 0 Å². The minimum atomic E-state index is -1.64. The normalized spacial score (nSPS) is 10.4. The molecule has 0 amide bonds. The van der Waals surface area contributed by atoms with E-state index in [1.807, 2.05) is 0 Å². The minimum absolute atomic E-state index is 0.239. The van der Waals surface area contributed by atoms with E-state index in [0.29, 0.717) is 12.3 Å². The highest BCUT2D eigenvalue weighted by Crippen LogP contribution is 2.27. The van der Waals surface area contributed by atoms with Crippen molar-refractivity contribution < 1.29 is 27.1 Å². The van der Waals surface area contributed by atoms with E-state index in [4.69, 9.17) is 0 Å². The molecule has 8 heteroatoms. The number of rotatable bonds is 2. The van der Waals surface area contributed by atoms with E-state index in [0.717, 1.165) is 6.20 Å². The van der Waals surface area contributed by atoms with Crippen LogP contribution in [0.25, 0.3) is 0 Å². The van der Waals surface area contributed by atoms with E-state index in [9.17, 15) is 22.4 Å². The molecule has 0 fully saturated rings. The Kier molecular flexibility index (Phi) is 3.64. The van der Waals surface area contributed by atoms with Crippen molar-refractivity contribution in [3.8, 4) is 5.75 Å². The van der Waals surface area contributed by atoms with Gasteiger partial charge in [-0.1, -0.05) is 0 Å². The molecule has 0 aliphatic carbocycles. The van der Waals surface area contributed by atoms with Gasteiger partial charge in [-0.25, -0.2) is 23.5 Å². The highest BCUT2D eigenvalue weighted by molar-refractivity contribution is 5.88. The summed E-state index contributed by atoms with van der Waals surface area (Å²) in [6.07, 6.45) is 1.35. The maximum Gasteiger partial charge on any atom is 0.364 e. The summed E-state index contributed by atoms with van der Waals surface area (Å²) in [4.78, 5) is 18.0. The first-order valence-corrected chi connectivity index (χ1v) is 5.24. The van der Waals surface area contributed by atoms with E-state index in [2.05, 4.69) is 14.7 Å². The number of hydrogen-bond acceptors (Lipinski definition) is 4. The number of esters is 1. The van der Waals surface area contributed by atoms with Crippen LogP contribution in [0.2, 0.25) is 0 Å². The molecule has 0 unspecified atom stereocenters. The van der Waals surface area contributed by atoms with Gasteiger partial charge in [-0.2, -0.15) is 8.78 Å². The van der Waals surface area contributed by atoms with E-state index in [-0.39, 0.29) is 5.56 Å². The lowest BCUT2D eigenvalue weighted by molar-refractivity contribution is 0.0711. The zero-order valence-electron chi connectivity index (χ0n) is 9.95. The van der Waals surface area contributed by atoms with E-state index in [1.54, 1.807) is 0 Å². The molecule has 0 aliphatic rings. The lowest BCUT2D eigenvalue weighted by atomic mass is 10.2. The van der Waals surface area contributed by atoms with E-state index < -0.39 is 40.8 Å². The third-order valence-electron chi connectivity index (χ3n) is 2.32. The predicted octanol–water partition coefficient (Wildman–Crippen LogP) is 2.56. The van der Waals surface area contributed by atoms with Crippen LogP contribution in [0.15, 0.2) is 18.5 Å². The zero-order chi connectivity index (χ0) is 14.9. The van der Waals surface area contributed by atoms with Gasteiger partial charge in [0.25, 0.3) is 0 Å². The van der Waals surface area contributed by atoms with Crippen molar-refractivity contribution in [3.05, 3.63) is 53.1 Å². The summed E-state index contributed by atoms with van der Waals surface area (Å²) >= 11 is 0. The molecule has 0 saturated carbocycles. The molecule has 0 spiro atoms. The maximum absolute atomic E-state index is 13.6. The van der Waals surface area contributed by atoms with E-state index in [1.165, 1.54) is 6.92 Å². The second-order valence-corrected chi connectivity index (χ2v) is 3.75. The quantitative estimate of drug-likeness (QED) is 0.368. The molecule has 1 aromatic carbocycles. The van der Waals surface area contributed by atoms with Gasteiger partial charge in [0.1, 0.15) is 0 Å². The first-order chi connectivity index (χ1) is 9.40. The summed E-state index contributed by atoms with van der Waals surface area (Å²) in [5.74, 6) is -7.64. The molecule has 0 aliphatic heterocycles. The average molecular weight is 285 g/mol. The van der Waals surface area contributed by atoms with Crippen molar-refractivity contribution in [3.63, 3.8) is 0 Å². The molecule has 0 N–H and O–H groups in total. The SMILES string of the molecule is Cc1cc(F)c(F)c(OC(=O)c2cnc([18F])cn2)c1F. The first kappa shape index (κ1) is 13.9. The minimum Gasteiger partial charge on any atom is -0.415 e. The molecular weight excluding hydrogens is 279 g/mol. The lowest BCUT2D eigenvalue weighted by Gasteiger charge is -2.08. The molecular formula is C12H6F4N2O2. The molecule has 2 aromatic rings. The molecule has 104 valence electrons. The summed E-state index contributed by atoms with van der Waals surface area (Å²) < 4.78 is 57.0. The predicted molar refractivity (Wildman–Crippen MR) is 58.0 cm³/mol. The zero-order valence-corrected chi connectivity index (χ0v) is 9.95. The summed E-state index contributed by atoms with van der Waals surface area (Å²) in [6.45, 7) is 1.17. The van der Waals surface area contributed by atoms with Gasteiger partial charge in [0, 0.05) is 0 Å². The Morgan fingerprint density at radius 3 is 2.40 bits per heavy atom. The molecule has 4 nitrogen and oxygen atoms in total. The van der Waals surface area contributed by atoms with E-state index >= 15 is 0 Å². The maximum atomic E-state index is 13.6. The fraction of sp³-hybridized carbons (Fsp3) is 0.0833. The van der Waals surface area contributed by atoms with Crippen LogP contribution in [0.3, 0.4) is 0 Å². The molecule has 1 heterocycles. The number of aryl methyl sites for hydroxylation is 1. The fourth-order valence-corrected chi connectivity index (χ4v) is 1.35. The van der Waals surface area contributed by atoms with Crippen molar-refractivity contribution in [2.45, 2.75) is 6.92 Å². The third kappa shape index (κ3) is 2.58. The standard InChI is InChI=1S/C12H6F4N2O2/c1-5-2-6(13)10(16)11(9(5)15)20-12(19)7-3-18-8(14)4-17-7/h2-4H,1H3/i14-1. The Balaban J connectivity index is 2.35. The Morgan fingerprint density at radius 2 is 1.80 bits per heavy atom. The largest absolute Gasteiger partial charge is 0.415 e. The van der Waals surface area contributed by atoms with Gasteiger partial charge >= 0.3 is 5.97 Å². The van der Waals surface area contributed by atoms with Crippen LogP contribution < -0.4 is 4.74 Å². The van der Waals surface area contributed by atoms with Crippen molar-refractivity contribution >= 4 is 5.97 Å².